The summed E-state index contributed by atoms with van der Waals surface area (Å²) >= 11 is 0. The number of nitriles is 1. The topological polar surface area (TPSA) is 90.7 Å². The average Bonchev–Trinajstić information content (AvgIpc) is 2.85. The molecule has 2 aromatic rings. The number of rotatable bonds is 7. The van der Waals surface area contributed by atoms with Crippen molar-refractivity contribution in [3.8, 4) is 6.07 Å². The number of likely N-dealkylation sites (tertiary alicyclic amines) is 1. The van der Waals surface area contributed by atoms with Crippen molar-refractivity contribution in [2.75, 3.05) is 24.5 Å². The fourth-order valence-corrected chi connectivity index (χ4v) is 3.77. The number of hydrogen-bond acceptors (Lipinski definition) is 5. The Labute approximate surface area is 192 Å². The highest BCUT2D eigenvalue weighted by Crippen LogP contribution is 2.22. The molecule has 8 heteroatoms. The van der Waals surface area contributed by atoms with E-state index in [1.165, 1.54) is 36.1 Å². The number of carbonyl (C=O) groups excluding carboxylic acids is 3. The predicted octanol–water partition coefficient (Wildman–Crippen LogP) is 3.56. The Bertz CT molecular complexity index is 1010. The van der Waals surface area contributed by atoms with Crippen LogP contribution in [0.1, 0.15) is 36.5 Å². The van der Waals surface area contributed by atoms with Crippen LogP contribution in [0.15, 0.2) is 54.6 Å². The van der Waals surface area contributed by atoms with Gasteiger partial charge >= 0.3 is 5.97 Å². The molecule has 7 nitrogen and oxygen atoms in total. The summed E-state index contributed by atoms with van der Waals surface area (Å²) in [4.78, 5) is 41.3. The molecular formula is C25H26FN3O4. The monoisotopic (exact) mass is 451 g/mol. The van der Waals surface area contributed by atoms with Crippen molar-refractivity contribution < 1.29 is 23.5 Å². The van der Waals surface area contributed by atoms with Crippen LogP contribution >= 0.6 is 0 Å². The van der Waals surface area contributed by atoms with Gasteiger partial charge in [0.1, 0.15) is 5.82 Å². The highest BCUT2D eigenvalue weighted by atomic mass is 19.1. The molecule has 33 heavy (non-hydrogen) atoms. The van der Waals surface area contributed by atoms with Crippen LogP contribution in [0.4, 0.5) is 10.1 Å². The standard InChI is InChI=1S/C25H26FN3O4/c1-18(23(30)29(15-5-14-27)22-6-3-2-4-7-22)33-25(32)20-12-16-28(17-13-20)24(31)19-8-10-21(26)11-9-19/h2-4,6-11,18,20H,5,12-13,15-17H2,1H3/t18-/m1/s1. The van der Waals surface area contributed by atoms with Crippen LogP contribution in [0, 0.1) is 23.1 Å². The number of hydrogen-bond donors (Lipinski definition) is 0. The van der Waals surface area contributed by atoms with Crippen molar-refractivity contribution in [3.63, 3.8) is 0 Å². The smallest absolute Gasteiger partial charge is 0.309 e. The second-order valence-corrected chi connectivity index (χ2v) is 7.89. The summed E-state index contributed by atoms with van der Waals surface area (Å²) in [5.41, 5.74) is 1.03. The van der Waals surface area contributed by atoms with Crippen molar-refractivity contribution in [1.29, 1.82) is 5.26 Å². The zero-order valence-electron chi connectivity index (χ0n) is 18.4. The van der Waals surface area contributed by atoms with Gasteiger partial charge in [-0.1, -0.05) is 18.2 Å². The third kappa shape index (κ3) is 6.16. The van der Waals surface area contributed by atoms with Crippen molar-refractivity contribution in [2.24, 2.45) is 5.92 Å². The zero-order valence-corrected chi connectivity index (χ0v) is 18.4. The van der Waals surface area contributed by atoms with Gasteiger partial charge in [0.25, 0.3) is 11.8 Å². The number of piperidine rings is 1. The Hall–Kier alpha value is -3.73. The molecule has 1 aliphatic heterocycles. The summed E-state index contributed by atoms with van der Waals surface area (Å²) in [5, 5.41) is 8.93. The third-order valence-corrected chi connectivity index (χ3v) is 5.63. The molecule has 0 N–H and O–H groups in total. The first-order valence-electron chi connectivity index (χ1n) is 10.9. The van der Waals surface area contributed by atoms with Gasteiger partial charge in [0.2, 0.25) is 0 Å². The van der Waals surface area contributed by atoms with E-state index in [2.05, 4.69) is 0 Å². The highest BCUT2D eigenvalue weighted by molar-refractivity contribution is 5.97. The third-order valence-electron chi connectivity index (χ3n) is 5.63. The minimum atomic E-state index is -1.00. The maximum atomic E-state index is 13.1. The van der Waals surface area contributed by atoms with E-state index < -0.39 is 29.7 Å². The first-order chi connectivity index (χ1) is 15.9. The van der Waals surface area contributed by atoms with Crippen LogP contribution in [0.25, 0.3) is 0 Å². The van der Waals surface area contributed by atoms with E-state index in [-0.39, 0.29) is 18.9 Å². The number of ether oxygens (including phenoxy) is 1. The molecular weight excluding hydrogens is 425 g/mol. The quantitative estimate of drug-likeness (QED) is 0.601. The first-order valence-corrected chi connectivity index (χ1v) is 10.9. The summed E-state index contributed by atoms with van der Waals surface area (Å²) in [6.07, 6.45) is -0.00947. The van der Waals surface area contributed by atoms with E-state index in [4.69, 9.17) is 10.00 Å². The molecule has 0 bridgehead atoms. The number of benzene rings is 2. The van der Waals surface area contributed by atoms with E-state index in [1.807, 2.05) is 12.1 Å². The Balaban J connectivity index is 1.55. The summed E-state index contributed by atoms with van der Waals surface area (Å²) in [7, 11) is 0. The average molecular weight is 451 g/mol. The van der Waals surface area contributed by atoms with Crippen LogP contribution in [0.2, 0.25) is 0 Å². The second-order valence-electron chi connectivity index (χ2n) is 7.89. The second kappa shape index (κ2) is 11.2. The van der Waals surface area contributed by atoms with Crippen molar-refractivity contribution in [3.05, 3.63) is 66.0 Å². The molecule has 1 atom stereocenters. The molecule has 1 saturated heterocycles. The van der Waals surface area contributed by atoms with Gasteiger partial charge in [-0.05, 0) is 56.2 Å². The number of esters is 1. The first kappa shape index (κ1) is 23.9. The van der Waals surface area contributed by atoms with Gasteiger partial charge in [0, 0.05) is 30.9 Å². The van der Waals surface area contributed by atoms with E-state index in [0.717, 1.165) is 0 Å². The van der Waals surface area contributed by atoms with E-state index in [0.29, 0.717) is 37.2 Å². The van der Waals surface area contributed by atoms with Gasteiger partial charge in [-0.2, -0.15) is 5.26 Å². The summed E-state index contributed by atoms with van der Waals surface area (Å²) in [5.74, 6) is -1.90. The Morgan fingerprint density at radius 1 is 1.12 bits per heavy atom. The summed E-state index contributed by atoms with van der Waals surface area (Å²) in [6.45, 7) is 2.47. The van der Waals surface area contributed by atoms with Crippen LogP contribution in [-0.2, 0) is 14.3 Å². The van der Waals surface area contributed by atoms with Crippen LogP contribution in [-0.4, -0.2) is 48.4 Å². The number of para-hydroxylation sites is 1. The SMILES string of the molecule is C[C@@H](OC(=O)C1CCN(C(=O)c2ccc(F)cc2)CC1)C(=O)N(CCC#N)c1ccccc1. The Morgan fingerprint density at radius 3 is 2.36 bits per heavy atom. The number of anilines is 1. The molecule has 2 aromatic carbocycles. The fourth-order valence-electron chi connectivity index (χ4n) is 3.77. The van der Waals surface area contributed by atoms with Gasteiger partial charge in [-0.15, -0.1) is 0 Å². The molecule has 172 valence electrons. The minimum absolute atomic E-state index is 0.155. The maximum absolute atomic E-state index is 13.1. The van der Waals surface area contributed by atoms with Crippen molar-refractivity contribution in [1.82, 2.24) is 4.90 Å². The lowest BCUT2D eigenvalue weighted by Crippen LogP contribution is -2.44. The summed E-state index contributed by atoms with van der Waals surface area (Å²) < 4.78 is 18.6. The van der Waals surface area contributed by atoms with Crippen LogP contribution in [0.3, 0.4) is 0 Å². The fraction of sp³-hybridized carbons (Fsp3) is 0.360. The molecule has 0 aliphatic carbocycles. The molecule has 3 rings (SSSR count). The van der Waals surface area contributed by atoms with Crippen LogP contribution in [0.5, 0.6) is 0 Å². The molecule has 0 aromatic heterocycles. The number of halogens is 1. The lowest BCUT2D eigenvalue weighted by molar-refractivity contribution is -0.159. The number of amides is 2. The predicted molar refractivity (Wildman–Crippen MR) is 120 cm³/mol. The van der Waals surface area contributed by atoms with Gasteiger partial charge in [0.05, 0.1) is 18.4 Å². The van der Waals surface area contributed by atoms with E-state index in [9.17, 15) is 18.8 Å². The molecule has 1 heterocycles. The molecule has 0 unspecified atom stereocenters. The van der Waals surface area contributed by atoms with Crippen molar-refractivity contribution in [2.45, 2.75) is 32.3 Å². The van der Waals surface area contributed by atoms with E-state index >= 15 is 0 Å². The van der Waals surface area contributed by atoms with Gasteiger partial charge in [-0.25, -0.2) is 4.39 Å². The molecule has 0 spiro atoms. The van der Waals surface area contributed by atoms with Gasteiger partial charge < -0.3 is 14.5 Å². The Morgan fingerprint density at radius 2 is 1.76 bits per heavy atom. The molecule has 2 amide bonds. The zero-order chi connectivity index (χ0) is 23.8. The van der Waals surface area contributed by atoms with Crippen LogP contribution < -0.4 is 4.90 Å². The largest absolute Gasteiger partial charge is 0.452 e. The lowest BCUT2D eigenvalue weighted by Gasteiger charge is -2.32. The van der Waals surface area contributed by atoms with Crippen molar-refractivity contribution >= 4 is 23.5 Å². The number of nitrogens with zero attached hydrogens (tertiary/aromatic N) is 3. The normalized spacial score (nSPS) is 14.8. The van der Waals surface area contributed by atoms with Gasteiger partial charge in [0.15, 0.2) is 6.10 Å². The highest BCUT2D eigenvalue weighted by Gasteiger charge is 2.32. The molecule has 0 saturated carbocycles. The maximum Gasteiger partial charge on any atom is 0.309 e. The summed E-state index contributed by atoms with van der Waals surface area (Å²) in [6, 6.07) is 16.3. The molecule has 1 fully saturated rings. The minimum Gasteiger partial charge on any atom is -0.452 e. The Kier molecular flexibility index (Phi) is 8.14. The van der Waals surface area contributed by atoms with E-state index in [1.54, 1.807) is 29.2 Å². The van der Waals surface area contributed by atoms with Gasteiger partial charge in [-0.3, -0.25) is 14.4 Å². The molecule has 1 aliphatic rings. The number of carbonyl (C=O) groups is 3. The lowest BCUT2D eigenvalue weighted by atomic mass is 9.96. The molecule has 0 radical (unpaired) electrons.